The molecule has 0 unspecified atom stereocenters. The molecule has 1 aliphatic heterocycles. The first kappa shape index (κ1) is 28.9. The van der Waals surface area contributed by atoms with Crippen LogP contribution in [0.4, 0.5) is 4.79 Å². The lowest BCUT2D eigenvalue weighted by molar-refractivity contribution is -0.123. The number of sulfonamides is 1. The Labute approximate surface area is 248 Å². The van der Waals surface area contributed by atoms with Crippen LogP contribution in [-0.2, 0) is 21.4 Å². The summed E-state index contributed by atoms with van der Waals surface area (Å²) in [7, 11) is -3.76. The summed E-state index contributed by atoms with van der Waals surface area (Å²) in [5.74, 6) is 0.639. The second-order valence-corrected chi connectivity index (χ2v) is 13.6. The molecule has 1 aromatic heterocycles. The Bertz CT molecular complexity index is 1770. The molecule has 1 aliphatic rings. The van der Waals surface area contributed by atoms with Crippen molar-refractivity contribution in [3.05, 3.63) is 106 Å². The van der Waals surface area contributed by atoms with Crippen molar-refractivity contribution in [2.75, 3.05) is 0 Å². The number of halogens is 1. The zero-order chi connectivity index (χ0) is 29.4. The lowest BCUT2D eigenvalue weighted by Crippen LogP contribution is -2.40. The molecule has 5 rings (SSSR count). The fourth-order valence-corrected chi connectivity index (χ4v) is 7.02. The Balaban J connectivity index is 1.32. The lowest BCUT2D eigenvalue weighted by atomic mass is 10.0. The number of furan rings is 1. The van der Waals surface area contributed by atoms with Gasteiger partial charge in [0.25, 0.3) is 11.1 Å². The second kappa shape index (κ2) is 11.3. The summed E-state index contributed by atoms with van der Waals surface area (Å²) < 4.78 is 34.7. The maximum Gasteiger partial charge on any atom is 0.293 e. The van der Waals surface area contributed by atoms with Crippen LogP contribution in [0.3, 0.4) is 0 Å². The van der Waals surface area contributed by atoms with Gasteiger partial charge in [-0.3, -0.25) is 14.5 Å². The predicted molar refractivity (Wildman–Crippen MR) is 163 cm³/mol. The standard InChI is InChI=1S/C31H27ClN2O5S2/c1-31(2,3)33-41(37,38)28-10-5-4-9-25(28)21-13-11-20(12-14-21)19-34-29(35)27(40-30(34)36)18-24-15-16-26(39-24)22-7-6-8-23(32)17-22/h4-18,33H,19H2,1-3H3/b27-18-. The Kier molecular flexibility index (Phi) is 7.98. The highest BCUT2D eigenvalue weighted by atomic mass is 35.5. The van der Waals surface area contributed by atoms with E-state index in [0.29, 0.717) is 27.7 Å². The average molecular weight is 607 g/mol. The van der Waals surface area contributed by atoms with Crippen molar-refractivity contribution in [2.45, 2.75) is 37.8 Å². The first-order valence-electron chi connectivity index (χ1n) is 12.7. The SMILES string of the molecule is CC(C)(C)NS(=O)(=O)c1ccccc1-c1ccc(CN2C(=O)S/C(=C\c3ccc(-c4cccc(Cl)c4)o3)C2=O)cc1. The molecule has 1 saturated heterocycles. The van der Waals surface area contributed by atoms with Crippen LogP contribution in [0.2, 0.25) is 5.02 Å². The maximum atomic E-state index is 13.1. The van der Waals surface area contributed by atoms with Gasteiger partial charge in [0.05, 0.1) is 16.3 Å². The molecule has 0 radical (unpaired) electrons. The summed E-state index contributed by atoms with van der Waals surface area (Å²) >= 11 is 6.93. The van der Waals surface area contributed by atoms with E-state index in [1.807, 2.05) is 12.1 Å². The Morgan fingerprint density at radius 1 is 0.927 bits per heavy atom. The average Bonchev–Trinajstić information content (AvgIpc) is 3.48. The van der Waals surface area contributed by atoms with E-state index in [1.165, 1.54) is 4.90 Å². The molecule has 7 nitrogen and oxygen atoms in total. The van der Waals surface area contributed by atoms with Gasteiger partial charge >= 0.3 is 0 Å². The maximum absolute atomic E-state index is 13.1. The molecule has 0 spiro atoms. The highest BCUT2D eigenvalue weighted by Crippen LogP contribution is 2.35. The number of carbonyl (C=O) groups is 2. The minimum atomic E-state index is -3.76. The van der Waals surface area contributed by atoms with Gasteiger partial charge in [-0.15, -0.1) is 0 Å². The third-order valence-electron chi connectivity index (χ3n) is 6.11. The summed E-state index contributed by atoms with van der Waals surface area (Å²) in [5, 5.41) is 0.207. The summed E-state index contributed by atoms with van der Waals surface area (Å²) in [4.78, 5) is 27.4. The number of hydrogen-bond acceptors (Lipinski definition) is 6. The van der Waals surface area contributed by atoms with Crippen molar-refractivity contribution in [3.8, 4) is 22.5 Å². The van der Waals surface area contributed by atoms with Crippen molar-refractivity contribution in [2.24, 2.45) is 0 Å². The van der Waals surface area contributed by atoms with Gasteiger partial charge in [-0.05, 0) is 74.0 Å². The van der Waals surface area contributed by atoms with E-state index in [2.05, 4.69) is 4.72 Å². The molecular formula is C31H27ClN2O5S2. The number of imide groups is 1. The van der Waals surface area contributed by atoms with Crippen LogP contribution in [-0.4, -0.2) is 30.0 Å². The van der Waals surface area contributed by atoms with E-state index in [1.54, 1.807) is 99.6 Å². The van der Waals surface area contributed by atoms with E-state index in [-0.39, 0.29) is 21.6 Å². The van der Waals surface area contributed by atoms with Gasteiger partial charge in [0.15, 0.2) is 0 Å². The van der Waals surface area contributed by atoms with Gasteiger partial charge in [-0.2, -0.15) is 0 Å². The van der Waals surface area contributed by atoms with E-state index < -0.39 is 21.5 Å². The lowest BCUT2D eigenvalue weighted by Gasteiger charge is -2.21. The van der Waals surface area contributed by atoms with E-state index in [9.17, 15) is 18.0 Å². The molecule has 10 heteroatoms. The van der Waals surface area contributed by atoms with Gasteiger partial charge < -0.3 is 4.42 Å². The Hall–Kier alpha value is -3.63. The molecule has 0 saturated carbocycles. The topological polar surface area (TPSA) is 96.7 Å². The van der Waals surface area contributed by atoms with Gasteiger partial charge in [0.2, 0.25) is 10.0 Å². The van der Waals surface area contributed by atoms with Crippen molar-refractivity contribution in [1.82, 2.24) is 9.62 Å². The van der Waals surface area contributed by atoms with E-state index >= 15 is 0 Å². The number of benzene rings is 3. The Morgan fingerprint density at radius 3 is 2.37 bits per heavy atom. The molecule has 1 fully saturated rings. The van der Waals surface area contributed by atoms with E-state index in [0.717, 1.165) is 22.9 Å². The van der Waals surface area contributed by atoms with E-state index in [4.69, 9.17) is 16.0 Å². The van der Waals surface area contributed by atoms with Crippen LogP contribution in [0.15, 0.2) is 99.1 Å². The Morgan fingerprint density at radius 2 is 1.66 bits per heavy atom. The molecule has 4 aromatic rings. The third kappa shape index (κ3) is 6.65. The second-order valence-electron chi connectivity index (χ2n) is 10.5. The van der Waals surface area contributed by atoms with Gasteiger partial charge in [0, 0.05) is 27.8 Å². The monoisotopic (exact) mass is 606 g/mol. The van der Waals surface area contributed by atoms with Gasteiger partial charge in [-0.1, -0.05) is 66.2 Å². The summed E-state index contributed by atoms with van der Waals surface area (Å²) in [6.07, 6.45) is 1.56. The predicted octanol–water partition coefficient (Wildman–Crippen LogP) is 7.58. The quantitative estimate of drug-likeness (QED) is 0.218. The van der Waals surface area contributed by atoms with Crippen LogP contribution in [0.1, 0.15) is 32.1 Å². The first-order valence-corrected chi connectivity index (χ1v) is 15.4. The zero-order valence-corrected chi connectivity index (χ0v) is 24.9. The number of amides is 2. The minimum absolute atomic E-state index is 0.0831. The van der Waals surface area contributed by atoms with Gasteiger partial charge in [0.1, 0.15) is 11.5 Å². The van der Waals surface area contributed by atoms with Crippen LogP contribution in [0.5, 0.6) is 0 Å². The smallest absolute Gasteiger partial charge is 0.293 e. The van der Waals surface area contributed by atoms with Crippen LogP contribution in [0.25, 0.3) is 28.5 Å². The van der Waals surface area contributed by atoms with Gasteiger partial charge in [-0.25, -0.2) is 13.1 Å². The summed E-state index contributed by atoms with van der Waals surface area (Å²) in [6.45, 7) is 5.44. The number of nitrogens with zero attached hydrogens (tertiary/aromatic N) is 1. The van der Waals surface area contributed by atoms with Crippen molar-refractivity contribution in [3.63, 3.8) is 0 Å². The van der Waals surface area contributed by atoms with Crippen molar-refractivity contribution in [1.29, 1.82) is 0 Å². The number of rotatable bonds is 7. The number of hydrogen-bond donors (Lipinski definition) is 1. The fraction of sp³-hybridized carbons (Fsp3) is 0.161. The molecule has 1 N–H and O–H groups in total. The number of carbonyl (C=O) groups excluding carboxylic acids is 2. The summed E-state index contributed by atoms with van der Waals surface area (Å²) in [5.41, 5.74) is 2.16. The molecule has 3 aromatic carbocycles. The third-order valence-corrected chi connectivity index (χ3v) is 9.06. The highest BCUT2D eigenvalue weighted by molar-refractivity contribution is 8.18. The number of thioether (sulfide) groups is 1. The molecule has 41 heavy (non-hydrogen) atoms. The molecule has 0 atom stereocenters. The zero-order valence-electron chi connectivity index (χ0n) is 22.6. The largest absolute Gasteiger partial charge is 0.457 e. The molecule has 0 bridgehead atoms. The summed E-state index contributed by atoms with van der Waals surface area (Å²) in [6, 6.07) is 24.7. The normalized spacial score (nSPS) is 15.2. The van der Waals surface area contributed by atoms with Crippen LogP contribution >= 0.6 is 23.4 Å². The first-order chi connectivity index (χ1) is 19.4. The molecule has 2 heterocycles. The highest BCUT2D eigenvalue weighted by Gasteiger charge is 2.35. The molecular weight excluding hydrogens is 580 g/mol. The minimum Gasteiger partial charge on any atom is -0.457 e. The molecule has 0 aliphatic carbocycles. The van der Waals surface area contributed by atoms with Crippen LogP contribution < -0.4 is 4.72 Å². The van der Waals surface area contributed by atoms with Crippen molar-refractivity contribution >= 4 is 50.6 Å². The fourth-order valence-electron chi connectivity index (χ4n) is 4.36. The van der Waals surface area contributed by atoms with Crippen LogP contribution in [0, 0.1) is 0 Å². The molecule has 2 amide bonds. The molecule has 210 valence electrons. The van der Waals surface area contributed by atoms with Crippen molar-refractivity contribution < 1.29 is 22.4 Å². The number of nitrogens with one attached hydrogen (secondary N) is 1.